The number of hydrogen-bond acceptors (Lipinski definition) is 5. The van der Waals surface area contributed by atoms with Gasteiger partial charge in [-0.15, -0.1) is 11.8 Å². The van der Waals surface area contributed by atoms with E-state index in [1.807, 2.05) is 40.9 Å². The highest BCUT2D eigenvalue weighted by Crippen LogP contribution is 2.28. The highest BCUT2D eigenvalue weighted by atomic mass is 35.5. The van der Waals surface area contributed by atoms with E-state index in [0.29, 0.717) is 27.7 Å². The van der Waals surface area contributed by atoms with Crippen LogP contribution in [0.25, 0.3) is 0 Å². The second kappa shape index (κ2) is 14.2. The fourth-order valence-corrected chi connectivity index (χ4v) is 6.46. The van der Waals surface area contributed by atoms with Crippen molar-refractivity contribution in [3.8, 4) is 0 Å². The quantitative estimate of drug-likeness (QED) is 0.227. The molecule has 0 saturated carbocycles. The first-order valence-corrected chi connectivity index (χ1v) is 16.9. The number of carbonyl (C=O) groups excluding carboxylic acids is 2. The van der Waals surface area contributed by atoms with E-state index in [0.717, 1.165) is 14.8 Å². The molecule has 0 aliphatic heterocycles. The number of thioether (sulfide) groups is 1. The molecule has 0 unspecified atom stereocenters. The van der Waals surface area contributed by atoms with Gasteiger partial charge >= 0.3 is 0 Å². The number of amides is 2. The van der Waals surface area contributed by atoms with Gasteiger partial charge in [-0.25, -0.2) is 8.42 Å². The molecule has 0 saturated heterocycles. The molecule has 0 heterocycles. The van der Waals surface area contributed by atoms with E-state index in [9.17, 15) is 18.0 Å². The Hall–Kier alpha value is -2.72. The van der Waals surface area contributed by atoms with Crippen LogP contribution in [0.15, 0.2) is 76.5 Å². The predicted molar refractivity (Wildman–Crippen MR) is 173 cm³/mol. The van der Waals surface area contributed by atoms with Crippen molar-refractivity contribution in [1.29, 1.82) is 0 Å². The lowest BCUT2D eigenvalue weighted by molar-refractivity contribution is -0.141. The molecule has 226 valence electrons. The van der Waals surface area contributed by atoms with E-state index in [4.69, 9.17) is 23.2 Å². The average molecular weight is 651 g/mol. The van der Waals surface area contributed by atoms with Gasteiger partial charge in [0.2, 0.25) is 11.8 Å². The highest BCUT2D eigenvalue weighted by Gasteiger charge is 2.34. The number of nitrogens with zero attached hydrogens (tertiary/aromatic N) is 2. The first kappa shape index (κ1) is 33.8. The number of hydrogen-bond donors (Lipinski definition) is 1. The number of halogens is 2. The van der Waals surface area contributed by atoms with Crippen LogP contribution < -0.4 is 9.62 Å². The van der Waals surface area contributed by atoms with Gasteiger partial charge in [0.25, 0.3) is 10.0 Å². The lowest BCUT2D eigenvalue weighted by Crippen LogP contribution is -2.55. The van der Waals surface area contributed by atoms with Crippen molar-refractivity contribution in [1.82, 2.24) is 10.2 Å². The first-order valence-electron chi connectivity index (χ1n) is 13.4. The van der Waals surface area contributed by atoms with Gasteiger partial charge in [-0.1, -0.05) is 53.9 Å². The monoisotopic (exact) mass is 649 g/mol. The number of sulfonamides is 1. The van der Waals surface area contributed by atoms with Crippen molar-refractivity contribution in [2.45, 2.75) is 69.0 Å². The summed E-state index contributed by atoms with van der Waals surface area (Å²) < 4.78 is 29.1. The molecule has 3 aromatic carbocycles. The fraction of sp³-hybridized carbons (Fsp3) is 0.355. The average Bonchev–Trinajstić information content (AvgIpc) is 2.93. The molecule has 0 spiro atoms. The van der Waals surface area contributed by atoms with Gasteiger partial charge in [-0.05, 0) is 94.5 Å². The maximum absolute atomic E-state index is 14.2. The van der Waals surface area contributed by atoms with E-state index in [2.05, 4.69) is 5.32 Å². The summed E-state index contributed by atoms with van der Waals surface area (Å²) >= 11 is 13.9. The molecule has 42 heavy (non-hydrogen) atoms. The lowest BCUT2D eigenvalue weighted by atomic mass is 10.1. The molecule has 7 nitrogen and oxygen atoms in total. The summed E-state index contributed by atoms with van der Waals surface area (Å²) in [6, 6.07) is 17.6. The molecular formula is C31H37Cl2N3O4S2. The van der Waals surface area contributed by atoms with Crippen LogP contribution >= 0.6 is 35.0 Å². The van der Waals surface area contributed by atoms with Crippen LogP contribution in [0, 0.1) is 6.92 Å². The Bertz CT molecular complexity index is 1510. The molecule has 11 heteroatoms. The number of anilines is 1. The van der Waals surface area contributed by atoms with Crippen molar-refractivity contribution in [2.75, 3.05) is 17.1 Å². The minimum atomic E-state index is -4.15. The Kier molecular flexibility index (Phi) is 11.4. The Morgan fingerprint density at radius 2 is 1.57 bits per heavy atom. The van der Waals surface area contributed by atoms with Gasteiger partial charge in [-0.2, -0.15) is 0 Å². The van der Waals surface area contributed by atoms with Crippen LogP contribution in [0.5, 0.6) is 0 Å². The minimum Gasteiger partial charge on any atom is -0.350 e. The molecule has 0 radical (unpaired) electrons. The van der Waals surface area contributed by atoms with Crippen LogP contribution in [0.3, 0.4) is 0 Å². The number of aryl methyl sites for hydroxylation is 1. The Morgan fingerprint density at radius 1 is 0.952 bits per heavy atom. The maximum atomic E-state index is 14.2. The van der Waals surface area contributed by atoms with Gasteiger partial charge in [0.05, 0.1) is 20.6 Å². The molecule has 3 rings (SSSR count). The van der Waals surface area contributed by atoms with Crippen LogP contribution in [0.4, 0.5) is 5.69 Å². The van der Waals surface area contributed by atoms with Crippen LogP contribution in [0.1, 0.15) is 45.2 Å². The van der Waals surface area contributed by atoms with Crippen molar-refractivity contribution in [2.24, 2.45) is 0 Å². The topological polar surface area (TPSA) is 86.8 Å². The molecule has 0 aromatic heterocycles. The van der Waals surface area contributed by atoms with Gasteiger partial charge < -0.3 is 10.2 Å². The van der Waals surface area contributed by atoms with Crippen LogP contribution in [-0.4, -0.2) is 49.5 Å². The smallest absolute Gasteiger partial charge is 0.264 e. The lowest BCUT2D eigenvalue weighted by Gasteiger charge is -2.35. The number of rotatable bonds is 11. The van der Waals surface area contributed by atoms with Gasteiger partial charge in [0, 0.05) is 17.0 Å². The number of carbonyl (C=O) groups is 2. The SMILES string of the molecule is CC[C@@H](C(=O)NC(C)(C)C)N(Cc1ccc(Cl)c(Cl)c1)C(=O)CN(c1ccc(C)cc1)S(=O)(=O)c1ccc(SC)cc1. The second-order valence-corrected chi connectivity index (χ2v) is 14.5. The molecule has 0 aliphatic carbocycles. The first-order chi connectivity index (χ1) is 19.7. The Balaban J connectivity index is 2.08. The van der Waals surface area contributed by atoms with Gasteiger partial charge in [0.1, 0.15) is 12.6 Å². The van der Waals surface area contributed by atoms with E-state index >= 15 is 0 Å². The largest absolute Gasteiger partial charge is 0.350 e. The maximum Gasteiger partial charge on any atom is 0.264 e. The summed E-state index contributed by atoms with van der Waals surface area (Å²) in [6.45, 7) is 8.79. The molecule has 3 aromatic rings. The summed E-state index contributed by atoms with van der Waals surface area (Å²) in [5, 5.41) is 3.63. The van der Waals surface area contributed by atoms with Crippen molar-refractivity contribution in [3.05, 3.63) is 87.9 Å². The van der Waals surface area contributed by atoms with Crippen LogP contribution in [0.2, 0.25) is 10.0 Å². The Morgan fingerprint density at radius 3 is 2.10 bits per heavy atom. The normalized spacial score (nSPS) is 12.5. The van der Waals surface area contributed by atoms with Crippen molar-refractivity contribution < 1.29 is 18.0 Å². The van der Waals surface area contributed by atoms with E-state index < -0.39 is 34.1 Å². The molecular weight excluding hydrogens is 613 g/mol. The third kappa shape index (κ3) is 8.66. The third-order valence-corrected chi connectivity index (χ3v) is 9.74. The third-order valence-electron chi connectivity index (χ3n) is 6.47. The van der Waals surface area contributed by atoms with E-state index in [1.54, 1.807) is 54.6 Å². The molecule has 1 atom stereocenters. The molecule has 0 aliphatic rings. The summed E-state index contributed by atoms with van der Waals surface area (Å²) in [4.78, 5) is 30.0. The van der Waals surface area contributed by atoms with Gasteiger partial charge in [0.15, 0.2) is 0 Å². The summed E-state index contributed by atoms with van der Waals surface area (Å²) in [5.74, 6) is -0.877. The number of nitrogens with one attached hydrogen (secondary N) is 1. The van der Waals surface area contributed by atoms with Crippen LogP contribution in [-0.2, 0) is 26.2 Å². The predicted octanol–water partition coefficient (Wildman–Crippen LogP) is 6.94. The molecule has 0 bridgehead atoms. The number of benzene rings is 3. The van der Waals surface area contributed by atoms with E-state index in [-0.39, 0.29) is 17.3 Å². The zero-order chi connectivity index (χ0) is 31.2. The standard InChI is InChI=1S/C31H37Cl2N3O4S2/c1-7-28(30(38)34-31(3,4)5)35(19-22-10-17-26(32)27(33)18-22)29(37)20-36(23-11-8-21(2)9-12-23)42(39,40)25-15-13-24(41-6)14-16-25/h8-18,28H,7,19-20H2,1-6H3,(H,34,38)/t28-/m0/s1. The van der Waals surface area contributed by atoms with E-state index in [1.165, 1.54) is 28.8 Å². The zero-order valence-electron chi connectivity index (χ0n) is 24.6. The second-order valence-electron chi connectivity index (χ2n) is 11.0. The van der Waals surface area contributed by atoms with Crippen molar-refractivity contribution in [3.63, 3.8) is 0 Å². The van der Waals surface area contributed by atoms with Crippen molar-refractivity contribution >= 4 is 62.5 Å². The zero-order valence-corrected chi connectivity index (χ0v) is 27.8. The molecule has 1 N–H and O–H groups in total. The highest BCUT2D eigenvalue weighted by molar-refractivity contribution is 7.98. The fourth-order valence-electron chi connectivity index (χ4n) is 4.32. The minimum absolute atomic E-state index is 0.0238. The summed E-state index contributed by atoms with van der Waals surface area (Å²) in [7, 11) is -4.15. The van der Waals surface area contributed by atoms with Gasteiger partial charge in [-0.3, -0.25) is 13.9 Å². The molecule has 2 amide bonds. The summed E-state index contributed by atoms with van der Waals surface area (Å²) in [5.41, 5.74) is 1.39. The molecule has 0 fully saturated rings. The Labute approximate surface area is 263 Å². The summed E-state index contributed by atoms with van der Waals surface area (Å²) in [6.07, 6.45) is 2.21.